The number of carbonyl (C=O) groups is 1. The highest BCUT2D eigenvalue weighted by molar-refractivity contribution is 6.17. The molecule has 0 saturated carbocycles. The van der Waals surface area contributed by atoms with Gasteiger partial charge in [-0.1, -0.05) is 0 Å². The van der Waals surface area contributed by atoms with Gasteiger partial charge in [0.05, 0.1) is 30.5 Å². The number of hydrogen-bond acceptors (Lipinski definition) is 3. The molecular weight excluding hydrogens is 245 g/mol. The van der Waals surface area contributed by atoms with Crippen LogP contribution in [0.15, 0.2) is 12.1 Å². The van der Waals surface area contributed by atoms with Crippen LogP contribution in [-0.2, 0) is 21.8 Å². The fraction of sp³-hybridized carbons (Fsp3) is 0.333. The van der Waals surface area contributed by atoms with Crippen LogP contribution in [0.2, 0.25) is 0 Å². The molecule has 0 aliphatic carbocycles. The summed E-state index contributed by atoms with van der Waals surface area (Å²) in [6.45, 7) is 1.92. The molecule has 0 aliphatic rings. The predicted octanol–water partition coefficient (Wildman–Crippen LogP) is 2.54. The van der Waals surface area contributed by atoms with Gasteiger partial charge < -0.3 is 4.74 Å². The molecule has 1 aromatic rings. The van der Waals surface area contributed by atoms with Crippen molar-refractivity contribution in [3.63, 3.8) is 0 Å². The molecule has 1 aromatic carbocycles. The zero-order chi connectivity index (χ0) is 12.8. The Labute approximate surface area is 104 Å². The highest BCUT2D eigenvalue weighted by Crippen LogP contribution is 2.21. The SMILES string of the molecule is CCOC(=O)Cc1c(C#N)ccc(F)c1CCl. The maximum absolute atomic E-state index is 13.5. The minimum Gasteiger partial charge on any atom is -0.466 e. The van der Waals surface area contributed by atoms with Crippen molar-refractivity contribution < 1.29 is 13.9 Å². The van der Waals surface area contributed by atoms with Crippen LogP contribution in [0.5, 0.6) is 0 Å². The predicted molar refractivity (Wildman–Crippen MR) is 61.0 cm³/mol. The van der Waals surface area contributed by atoms with Gasteiger partial charge in [0.2, 0.25) is 0 Å². The second-order valence-corrected chi connectivity index (χ2v) is 3.55. The lowest BCUT2D eigenvalue weighted by atomic mass is 9.99. The van der Waals surface area contributed by atoms with Crippen molar-refractivity contribution in [1.82, 2.24) is 0 Å². The molecule has 90 valence electrons. The minimum atomic E-state index is -0.515. The van der Waals surface area contributed by atoms with E-state index in [9.17, 15) is 9.18 Å². The van der Waals surface area contributed by atoms with Gasteiger partial charge in [0.1, 0.15) is 5.82 Å². The van der Waals surface area contributed by atoms with Crippen LogP contribution < -0.4 is 0 Å². The number of alkyl halides is 1. The van der Waals surface area contributed by atoms with Crippen LogP contribution in [-0.4, -0.2) is 12.6 Å². The normalized spacial score (nSPS) is 9.76. The standard InChI is InChI=1S/C12H11ClFNO2/c1-2-17-12(16)5-9-8(7-15)3-4-11(14)10(9)6-13/h3-4H,2,5-6H2,1H3. The third-order valence-corrected chi connectivity index (χ3v) is 2.52. The van der Waals surface area contributed by atoms with E-state index in [-0.39, 0.29) is 30.0 Å². The minimum absolute atomic E-state index is 0.0872. The van der Waals surface area contributed by atoms with E-state index in [1.807, 2.05) is 6.07 Å². The van der Waals surface area contributed by atoms with Crippen molar-refractivity contribution >= 4 is 17.6 Å². The molecule has 0 aromatic heterocycles. The van der Waals surface area contributed by atoms with Gasteiger partial charge >= 0.3 is 5.97 Å². The number of rotatable bonds is 4. The van der Waals surface area contributed by atoms with Gasteiger partial charge in [-0.3, -0.25) is 4.79 Å². The van der Waals surface area contributed by atoms with E-state index < -0.39 is 11.8 Å². The molecule has 0 aliphatic heterocycles. The molecule has 0 spiro atoms. The summed E-state index contributed by atoms with van der Waals surface area (Å²) in [4.78, 5) is 11.4. The summed E-state index contributed by atoms with van der Waals surface area (Å²) in [6, 6.07) is 4.42. The lowest BCUT2D eigenvalue weighted by Crippen LogP contribution is -2.11. The topological polar surface area (TPSA) is 50.1 Å². The van der Waals surface area contributed by atoms with Gasteiger partial charge in [0, 0.05) is 5.56 Å². The number of benzene rings is 1. The summed E-state index contributed by atoms with van der Waals surface area (Å²) < 4.78 is 18.2. The average Bonchev–Trinajstić information content (AvgIpc) is 2.30. The summed E-state index contributed by atoms with van der Waals surface area (Å²) in [7, 11) is 0. The maximum atomic E-state index is 13.5. The molecule has 0 radical (unpaired) electrons. The number of esters is 1. The number of halogens is 2. The molecule has 5 heteroatoms. The van der Waals surface area contributed by atoms with Crippen LogP contribution in [0.25, 0.3) is 0 Å². The zero-order valence-electron chi connectivity index (χ0n) is 9.30. The van der Waals surface area contributed by atoms with Crippen molar-refractivity contribution in [1.29, 1.82) is 5.26 Å². The van der Waals surface area contributed by atoms with Gasteiger partial charge in [0.25, 0.3) is 0 Å². The van der Waals surface area contributed by atoms with Crippen LogP contribution >= 0.6 is 11.6 Å². The summed E-state index contributed by atoms with van der Waals surface area (Å²) in [5, 5.41) is 8.90. The van der Waals surface area contributed by atoms with E-state index in [1.165, 1.54) is 12.1 Å². The third-order valence-electron chi connectivity index (χ3n) is 2.25. The highest BCUT2D eigenvalue weighted by Gasteiger charge is 2.16. The lowest BCUT2D eigenvalue weighted by molar-refractivity contribution is -0.142. The van der Waals surface area contributed by atoms with E-state index in [1.54, 1.807) is 6.92 Å². The highest BCUT2D eigenvalue weighted by atomic mass is 35.5. The monoisotopic (exact) mass is 255 g/mol. The van der Waals surface area contributed by atoms with Crippen molar-refractivity contribution in [2.45, 2.75) is 19.2 Å². The molecule has 0 saturated heterocycles. The molecule has 0 unspecified atom stereocenters. The quantitative estimate of drug-likeness (QED) is 0.614. The number of ether oxygens (including phenoxy) is 1. The molecule has 17 heavy (non-hydrogen) atoms. The Kier molecular flexibility index (Phi) is 4.92. The Morgan fingerprint density at radius 2 is 2.24 bits per heavy atom. The van der Waals surface area contributed by atoms with Crippen molar-refractivity contribution in [3.8, 4) is 6.07 Å². The Morgan fingerprint density at radius 3 is 2.76 bits per heavy atom. The fourth-order valence-corrected chi connectivity index (χ4v) is 1.76. The van der Waals surface area contributed by atoms with Gasteiger partial charge in [-0.25, -0.2) is 4.39 Å². The second kappa shape index (κ2) is 6.21. The van der Waals surface area contributed by atoms with Crippen LogP contribution in [0.3, 0.4) is 0 Å². The zero-order valence-corrected chi connectivity index (χ0v) is 10.1. The van der Waals surface area contributed by atoms with Crippen molar-refractivity contribution in [3.05, 3.63) is 34.6 Å². The first-order valence-electron chi connectivity index (χ1n) is 5.06. The van der Waals surface area contributed by atoms with Gasteiger partial charge in [0.15, 0.2) is 0 Å². The molecule has 3 nitrogen and oxygen atoms in total. The summed E-state index contributed by atoms with van der Waals surface area (Å²) in [5.74, 6) is -1.10. The van der Waals surface area contributed by atoms with Gasteiger partial charge in [-0.2, -0.15) is 5.26 Å². The average molecular weight is 256 g/mol. The third kappa shape index (κ3) is 3.18. The molecular formula is C12H11ClFNO2. The van der Waals surface area contributed by atoms with Crippen LogP contribution in [0.4, 0.5) is 4.39 Å². The molecule has 0 atom stereocenters. The maximum Gasteiger partial charge on any atom is 0.310 e. The molecule has 0 N–H and O–H groups in total. The molecule has 1 rings (SSSR count). The number of nitrogens with zero attached hydrogens (tertiary/aromatic N) is 1. The first kappa shape index (κ1) is 13.5. The van der Waals surface area contributed by atoms with Crippen molar-refractivity contribution in [2.75, 3.05) is 6.61 Å². The Balaban J connectivity index is 3.15. The smallest absolute Gasteiger partial charge is 0.310 e. The fourth-order valence-electron chi connectivity index (χ4n) is 1.47. The van der Waals surface area contributed by atoms with E-state index in [0.717, 1.165) is 0 Å². The van der Waals surface area contributed by atoms with Crippen molar-refractivity contribution in [2.24, 2.45) is 0 Å². The summed E-state index contributed by atoms with van der Waals surface area (Å²) in [5.41, 5.74) is 0.731. The Bertz CT molecular complexity index is 468. The Morgan fingerprint density at radius 1 is 1.53 bits per heavy atom. The number of nitriles is 1. The van der Waals surface area contributed by atoms with E-state index in [2.05, 4.69) is 0 Å². The van der Waals surface area contributed by atoms with Gasteiger partial charge in [-0.15, -0.1) is 11.6 Å². The van der Waals surface area contributed by atoms with Gasteiger partial charge in [-0.05, 0) is 24.6 Å². The molecule has 0 amide bonds. The second-order valence-electron chi connectivity index (χ2n) is 3.28. The van der Waals surface area contributed by atoms with E-state index in [4.69, 9.17) is 21.6 Å². The first-order chi connectivity index (χ1) is 8.13. The first-order valence-corrected chi connectivity index (χ1v) is 5.59. The lowest BCUT2D eigenvalue weighted by Gasteiger charge is -2.09. The summed E-state index contributed by atoms with van der Waals surface area (Å²) in [6.07, 6.45) is -0.142. The summed E-state index contributed by atoms with van der Waals surface area (Å²) >= 11 is 5.63. The van der Waals surface area contributed by atoms with Crippen LogP contribution in [0, 0.1) is 17.1 Å². The molecule has 0 fully saturated rings. The number of carbonyl (C=O) groups excluding carboxylic acids is 1. The number of hydrogen-bond donors (Lipinski definition) is 0. The molecule has 0 heterocycles. The van der Waals surface area contributed by atoms with Crippen LogP contribution in [0.1, 0.15) is 23.6 Å². The van der Waals surface area contributed by atoms with E-state index in [0.29, 0.717) is 5.56 Å². The molecule has 0 bridgehead atoms. The van der Waals surface area contributed by atoms with E-state index >= 15 is 0 Å². The largest absolute Gasteiger partial charge is 0.466 e. The Hall–Kier alpha value is -1.60.